The number of alkyl halides is 1. The van der Waals surface area contributed by atoms with Crippen molar-refractivity contribution in [2.24, 2.45) is 0 Å². The summed E-state index contributed by atoms with van der Waals surface area (Å²) in [6.45, 7) is 0. The van der Waals surface area contributed by atoms with Crippen molar-refractivity contribution in [2.75, 3.05) is 0 Å². The highest BCUT2D eigenvalue weighted by atomic mass is 79.9. The van der Waals surface area contributed by atoms with Crippen molar-refractivity contribution in [3.63, 3.8) is 0 Å². The van der Waals surface area contributed by atoms with Gasteiger partial charge in [0.2, 0.25) is 0 Å². The highest BCUT2D eigenvalue weighted by molar-refractivity contribution is 9.09. The lowest BCUT2D eigenvalue weighted by atomic mass is 10.0. The van der Waals surface area contributed by atoms with Crippen molar-refractivity contribution in [1.82, 2.24) is 0 Å². The molecule has 0 radical (unpaired) electrons. The number of carbonyl (C=O) groups is 1. The van der Waals surface area contributed by atoms with E-state index in [1.807, 2.05) is 30.3 Å². The molecular formula is C11H11BrO2. The molecule has 0 aliphatic carbocycles. The summed E-state index contributed by atoms with van der Waals surface area (Å²) in [6.07, 6.45) is 1.23. The Morgan fingerprint density at radius 2 is 2.00 bits per heavy atom. The third-order valence-electron chi connectivity index (χ3n) is 2.34. The SMILES string of the molecule is O=C1CC[C@H](Br)[C@H](c2ccccc2)O1. The van der Waals surface area contributed by atoms with Crippen LogP contribution in [0.15, 0.2) is 30.3 Å². The van der Waals surface area contributed by atoms with E-state index in [1.165, 1.54) is 0 Å². The van der Waals surface area contributed by atoms with E-state index >= 15 is 0 Å². The van der Waals surface area contributed by atoms with Crippen molar-refractivity contribution >= 4 is 21.9 Å². The number of ether oxygens (including phenoxy) is 1. The van der Waals surface area contributed by atoms with E-state index in [-0.39, 0.29) is 16.9 Å². The van der Waals surface area contributed by atoms with Gasteiger partial charge in [0, 0.05) is 6.42 Å². The van der Waals surface area contributed by atoms with Gasteiger partial charge >= 0.3 is 5.97 Å². The van der Waals surface area contributed by atoms with E-state index in [0.29, 0.717) is 6.42 Å². The Morgan fingerprint density at radius 1 is 1.29 bits per heavy atom. The van der Waals surface area contributed by atoms with Gasteiger partial charge < -0.3 is 4.74 Å². The van der Waals surface area contributed by atoms with Crippen LogP contribution >= 0.6 is 15.9 Å². The first-order valence-corrected chi connectivity index (χ1v) is 5.57. The van der Waals surface area contributed by atoms with Crippen molar-refractivity contribution in [3.8, 4) is 0 Å². The highest BCUT2D eigenvalue weighted by Gasteiger charge is 2.29. The summed E-state index contributed by atoms with van der Waals surface area (Å²) in [7, 11) is 0. The van der Waals surface area contributed by atoms with Crippen LogP contribution in [0.5, 0.6) is 0 Å². The van der Waals surface area contributed by atoms with Crippen molar-refractivity contribution in [2.45, 2.75) is 23.8 Å². The molecule has 1 aliphatic heterocycles. The van der Waals surface area contributed by atoms with Crippen LogP contribution in [0.2, 0.25) is 0 Å². The zero-order valence-corrected chi connectivity index (χ0v) is 9.24. The molecule has 2 rings (SSSR count). The Kier molecular flexibility index (Phi) is 2.87. The van der Waals surface area contributed by atoms with Crippen LogP contribution in [0.3, 0.4) is 0 Å². The first kappa shape index (κ1) is 9.71. The molecule has 1 fully saturated rings. The smallest absolute Gasteiger partial charge is 0.306 e. The minimum atomic E-state index is -0.127. The van der Waals surface area contributed by atoms with Gasteiger partial charge in [-0.3, -0.25) is 4.79 Å². The predicted molar refractivity (Wildman–Crippen MR) is 57.2 cm³/mol. The predicted octanol–water partition coefficient (Wildman–Crippen LogP) is 2.83. The Balaban J connectivity index is 2.20. The average Bonchev–Trinajstić information content (AvgIpc) is 2.23. The van der Waals surface area contributed by atoms with Gasteiger partial charge in [-0.05, 0) is 12.0 Å². The molecule has 0 saturated carbocycles. The topological polar surface area (TPSA) is 26.3 Å². The number of hydrogen-bond acceptors (Lipinski definition) is 2. The zero-order valence-electron chi connectivity index (χ0n) is 7.65. The lowest BCUT2D eigenvalue weighted by molar-refractivity contribution is -0.153. The van der Waals surface area contributed by atoms with Gasteiger partial charge in [0.25, 0.3) is 0 Å². The second kappa shape index (κ2) is 4.13. The number of benzene rings is 1. The van der Waals surface area contributed by atoms with E-state index in [4.69, 9.17) is 4.74 Å². The molecule has 1 aromatic rings. The summed E-state index contributed by atoms with van der Waals surface area (Å²) < 4.78 is 5.30. The molecular weight excluding hydrogens is 244 g/mol. The number of cyclic esters (lactones) is 1. The van der Waals surface area contributed by atoms with Gasteiger partial charge in [0.05, 0.1) is 4.83 Å². The third kappa shape index (κ3) is 1.98. The maximum atomic E-state index is 11.1. The summed E-state index contributed by atoms with van der Waals surface area (Å²) in [4.78, 5) is 11.4. The lowest BCUT2D eigenvalue weighted by Gasteiger charge is -2.27. The molecule has 74 valence electrons. The van der Waals surface area contributed by atoms with Crippen LogP contribution in [0, 0.1) is 0 Å². The zero-order chi connectivity index (χ0) is 9.97. The molecule has 1 aromatic carbocycles. The molecule has 1 saturated heterocycles. The summed E-state index contributed by atoms with van der Waals surface area (Å²) in [5.74, 6) is -0.102. The maximum absolute atomic E-state index is 11.1. The standard InChI is InChI=1S/C11H11BrO2/c12-9-6-7-10(13)14-11(9)8-4-2-1-3-5-8/h1-5,9,11H,6-7H2/t9-,11-/m0/s1. The van der Waals surface area contributed by atoms with Crippen molar-refractivity contribution < 1.29 is 9.53 Å². The fraction of sp³-hybridized carbons (Fsp3) is 0.364. The van der Waals surface area contributed by atoms with E-state index in [0.717, 1.165) is 12.0 Å². The Hall–Kier alpha value is -0.830. The number of hydrogen-bond donors (Lipinski definition) is 0. The summed E-state index contributed by atoms with van der Waals surface area (Å²) >= 11 is 3.54. The Labute approximate surface area is 91.4 Å². The van der Waals surface area contributed by atoms with Crippen molar-refractivity contribution in [3.05, 3.63) is 35.9 Å². The quantitative estimate of drug-likeness (QED) is 0.569. The van der Waals surface area contributed by atoms with Gasteiger partial charge in [-0.1, -0.05) is 46.3 Å². The molecule has 3 heteroatoms. The van der Waals surface area contributed by atoms with Crippen LogP contribution < -0.4 is 0 Å². The second-order valence-corrected chi connectivity index (χ2v) is 4.55. The number of rotatable bonds is 1. The fourth-order valence-corrected chi connectivity index (χ4v) is 2.24. The van der Waals surface area contributed by atoms with Gasteiger partial charge in [-0.15, -0.1) is 0 Å². The number of carbonyl (C=O) groups excluding carboxylic acids is 1. The molecule has 14 heavy (non-hydrogen) atoms. The monoisotopic (exact) mass is 254 g/mol. The average molecular weight is 255 g/mol. The molecule has 0 amide bonds. The molecule has 2 nitrogen and oxygen atoms in total. The lowest BCUT2D eigenvalue weighted by Crippen LogP contribution is -2.26. The van der Waals surface area contributed by atoms with Crippen LogP contribution in [-0.4, -0.2) is 10.8 Å². The molecule has 0 unspecified atom stereocenters. The summed E-state index contributed by atoms with van der Waals surface area (Å²) in [5, 5.41) is 0. The normalized spacial score (nSPS) is 27.1. The van der Waals surface area contributed by atoms with Gasteiger partial charge in [0.1, 0.15) is 6.10 Å². The molecule has 0 N–H and O–H groups in total. The summed E-state index contributed by atoms with van der Waals surface area (Å²) in [6, 6.07) is 9.83. The van der Waals surface area contributed by atoms with Crippen LogP contribution in [-0.2, 0) is 9.53 Å². The maximum Gasteiger partial charge on any atom is 0.306 e. The Morgan fingerprint density at radius 3 is 2.71 bits per heavy atom. The Bertz CT molecular complexity index is 323. The molecule has 2 atom stereocenters. The van der Waals surface area contributed by atoms with Crippen LogP contribution in [0.25, 0.3) is 0 Å². The minimum Gasteiger partial charge on any atom is -0.456 e. The van der Waals surface area contributed by atoms with E-state index in [2.05, 4.69) is 15.9 Å². The molecule has 1 aliphatic rings. The second-order valence-electron chi connectivity index (χ2n) is 3.38. The van der Waals surface area contributed by atoms with Crippen molar-refractivity contribution in [1.29, 1.82) is 0 Å². The number of esters is 1. The molecule has 0 spiro atoms. The van der Waals surface area contributed by atoms with Gasteiger partial charge in [0.15, 0.2) is 0 Å². The molecule has 0 bridgehead atoms. The highest BCUT2D eigenvalue weighted by Crippen LogP contribution is 2.33. The van der Waals surface area contributed by atoms with E-state index < -0.39 is 0 Å². The molecule has 1 heterocycles. The van der Waals surface area contributed by atoms with Crippen LogP contribution in [0.4, 0.5) is 0 Å². The van der Waals surface area contributed by atoms with Gasteiger partial charge in [-0.25, -0.2) is 0 Å². The molecule has 0 aromatic heterocycles. The third-order valence-corrected chi connectivity index (χ3v) is 3.28. The first-order valence-electron chi connectivity index (χ1n) is 4.66. The van der Waals surface area contributed by atoms with Crippen LogP contribution in [0.1, 0.15) is 24.5 Å². The van der Waals surface area contributed by atoms with E-state index in [9.17, 15) is 4.79 Å². The largest absolute Gasteiger partial charge is 0.456 e. The first-order chi connectivity index (χ1) is 6.77. The number of halogens is 1. The minimum absolute atomic E-state index is 0.102. The van der Waals surface area contributed by atoms with Gasteiger partial charge in [-0.2, -0.15) is 0 Å². The van der Waals surface area contributed by atoms with E-state index in [1.54, 1.807) is 0 Å². The fourth-order valence-electron chi connectivity index (χ4n) is 1.60. The summed E-state index contributed by atoms with van der Waals surface area (Å²) in [5.41, 5.74) is 1.06.